The van der Waals surface area contributed by atoms with Gasteiger partial charge < -0.3 is 16.0 Å². The lowest BCUT2D eigenvalue weighted by atomic mass is 9.86. The van der Waals surface area contributed by atoms with Gasteiger partial charge >= 0.3 is 0 Å². The van der Waals surface area contributed by atoms with E-state index in [1.165, 1.54) is 0 Å². The summed E-state index contributed by atoms with van der Waals surface area (Å²) in [5.41, 5.74) is 4.83. The summed E-state index contributed by atoms with van der Waals surface area (Å²) < 4.78 is 0. The second kappa shape index (κ2) is 5.65. The van der Waals surface area contributed by atoms with Crippen molar-refractivity contribution < 1.29 is 9.59 Å². The van der Waals surface area contributed by atoms with E-state index in [0.717, 1.165) is 0 Å². The second-order valence-electron chi connectivity index (χ2n) is 5.03. The first-order chi connectivity index (χ1) is 8.31. The number of carbonyl (C=O) groups excluding carboxylic acids is 2. The molecule has 5 nitrogen and oxygen atoms in total. The number of carbonyl (C=O) groups is 2. The third-order valence-corrected chi connectivity index (χ3v) is 4.16. The lowest BCUT2D eigenvalue weighted by Gasteiger charge is -2.33. The molecule has 2 amide bonds. The number of nitrogens with zero attached hydrogens (tertiary/aromatic N) is 1. The second-order valence-corrected chi connectivity index (χ2v) is 5.47. The summed E-state index contributed by atoms with van der Waals surface area (Å²) in [5, 5.41) is 2.94. The van der Waals surface area contributed by atoms with Crippen LogP contribution in [0.2, 0.25) is 0 Å². The fraction of sp³-hybridized carbons (Fsp3) is 0.750. The molecular weight excluding hydrogens is 250 g/mol. The molecule has 2 atom stereocenters. The Morgan fingerprint density at radius 1 is 1.67 bits per heavy atom. The smallest absolute Gasteiger partial charge is 0.233 e. The first-order valence-corrected chi connectivity index (χ1v) is 6.57. The van der Waals surface area contributed by atoms with E-state index in [9.17, 15) is 9.59 Å². The van der Waals surface area contributed by atoms with Crippen molar-refractivity contribution in [3.05, 3.63) is 0 Å². The summed E-state index contributed by atoms with van der Waals surface area (Å²) in [6.45, 7) is 4.18. The van der Waals surface area contributed by atoms with Gasteiger partial charge in [-0.3, -0.25) is 9.59 Å². The van der Waals surface area contributed by atoms with Crippen LogP contribution in [0.4, 0.5) is 0 Å². The maximum Gasteiger partial charge on any atom is 0.233 e. The summed E-state index contributed by atoms with van der Waals surface area (Å²) in [6, 6.07) is -0.0135. The van der Waals surface area contributed by atoms with Gasteiger partial charge in [-0.1, -0.05) is 19.1 Å². The summed E-state index contributed by atoms with van der Waals surface area (Å²) in [4.78, 5) is 25.4. The summed E-state index contributed by atoms with van der Waals surface area (Å²) in [5.74, 6) is -0.0293. The number of likely N-dealkylation sites (tertiary alicyclic amines) is 1. The Morgan fingerprint density at radius 3 is 2.72 bits per heavy atom. The monoisotopic (exact) mass is 271 g/mol. The molecule has 1 aliphatic heterocycles. The molecule has 3 N–H and O–H groups in total. The zero-order chi connectivity index (χ0) is 13.9. The van der Waals surface area contributed by atoms with Crippen LogP contribution in [0.1, 0.15) is 33.1 Å². The number of hydrogen-bond donors (Lipinski definition) is 2. The van der Waals surface area contributed by atoms with E-state index < -0.39 is 5.41 Å². The van der Waals surface area contributed by atoms with Crippen LogP contribution in [0.5, 0.6) is 0 Å². The maximum absolute atomic E-state index is 12.2. The SMILES string of the molecule is CCC(C)(C(=O)NC1CCC(=O)N(C)C1)C(N)=S. The molecule has 102 valence electrons. The summed E-state index contributed by atoms with van der Waals surface area (Å²) in [7, 11) is 1.74. The fourth-order valence-corrected chi connectivity index (χ4v) is 2.16. The van der Waals surface area contributed by atoms with Crippen LogP contribution in [0.15, 0.2) is 0 Å². The average molecular weight is 271 g/mol. The van der Waals surface area contributed by atoms with Gasteiger partial charge in [-0.15, -0.1) is 0 Å². The van der Waals surface area contributed by atoms with Crippen LogP contribution in [0.3, 0.4) is 0 Å². The van der Waals surface area contributed by atoms with Gasteiger partial charge in [0.2, 0.25) is 11.8 Å². The zero-order valence-electron chi connectivity index (χ0n) is 11.2. The van der Waals surface area contributed by atoms with Crippen LogP contribution >= 0.6 is 12.2 Å². The van der Waals surface area contributed by atoms with Crippen molar-refractivity contribution in [2.75, 3.05) is 13.6 Å². The zero-order valence-corrected chi connectivity index (χ0v) is 12.0. The van der Waals surface area contributed by atoms with Gasteiger partial charge in [0, 0.05) is 26.1 Å². The van der Waals surface area contributed by atoms with Gasteiger partial charge in [-0.05, 0) is 19.8 Å². The Kier molecular flexibility index (Phi) is 4.67. The molecule has 2 unspecified atom stereocenters. The van der Waals surface area contributed by atoms with Crippen LogP contribution in [-0.2, 0) is 9.59 Å². The van der Waals surface area contributed by atoms with Gasteiger partial charge in [-0.2, -0.15) is 0 Å². The molecule has 0 bridgehead atoms. The molecule has 0 aromatic heterocycles. The molecule has 0 spiro atoms. The lowest BCUT2D eigenvalue weighted by molar-refractivity contribution is -0.135. The van der Waals surface area contributed by atoms with E-state index in [1.54, 1.807) is 18.9 Å². The van der Waals surface area contributed by atoms with Crippen LogP contribution in [0.25, 0.3) is 0 Å². The van der Waals surface area contributed by atoms with Crippen molar-refractivity contribution in [2.45, 2.75) is 39.2 Å². The van der Waals surface area contributed by atoms with Crippen molar-refractivity contribution in [1.82, 2.24) is 10.2 Å². The van der Waals surface area contributed by atoms with E-state index >= 15 is 0 Å². The minimum atomic E-state index is -0.810. The summed E-state index contributed by atoms with van der Waals surface area (Å²) >= 11 is 4.97. The molecule has 6 heteroatoms. The minimum absolute atomic E-state index is 0.0135. The largest absolute Gasteiger partial charge is 0.392 e. The minimum Gasteiger partial charge on any atom is -0.392 e. The van der Waals surface area contributed by atoms with Crippen LogP contribution in [0, 0.1) is 5.41 Å². The Hall–Kier alpha value is -1.17. The Morgan fingerprint density at radius 2 is 2.28 bits per heavy atom. The van der Waals surface area contributed by atoms with Crippen molar-refractivity contribution in [3.63, 3.8) is 0 Å². The highest BCUT2D eigenvalue weighted by atomic mass is 32.1. The van der Waals surface area contributed by atoms with Crippen molar-refractivity contribution >= 4 is 29.0 Å². The van der Waals surface area contributed by atoms with Crippen LogP contribution in [-0.4, -0.2) is 41.3 Å². The Balaban J connectivity index is 2.65. The van der Waals surface area contributed by atoms with Gasteiger partial charge in [0.25, 0.3) is 0 Å². The Bertz CT molecular complexity index is 372. The topological polar surface area (TPSA) is 75.4 Å². The first-order valence-electron chi connectivity index (χ1n) is 6.16. The Labute approximate surface area is 113 Å². The van der Waals surface area contributed by atoms with Gasteiger partial charge in [-0.25, -0.2) is 0 Å². The fourth-order valence-electron chi connectivity index (χ4n) is 1.92. The molecule has 0 aliphatic carbocycles. The molecule has 0 saturated carbocycles. The van der Waals surface area contributed by atoms with Crippen molar-refractivity contribution in [2.24, 2.45) is 11.1 Å². The third kappa shape index (κ3) is 2.98. The van der Waals surface area contributed by atoms with E-state index in [1.807, 2.05) is 6.92 Å². The van der Waals surface area contributed by atoms with Crippen molar-refractivity contribution in [1.29, 1.82) is 0 Å². The summed E-state index contributed by atoms with van der Waals surface area (Å²) in [6.07, 6.45) is 1.71. The number of likely N-dealkylation sites (N-methyl/N-ethyl adjacent to an activating group) is 1. The van der Waals surface area contributed by atoms with Crippen LogP contribution < -0.4 is 11.1 Å². The molecule has 1 heterocycles. The quantitative estimate of drug-likeness (QED) is 0.727. The predicted octanol–water partition coefficient (Wildman–Crippen LogP) is 0.426. The number of nitrogens with two attached hydrogens (primary N) is 1. The average Bonchev–Trinajstić information content (AvgIpc) is 2.32. The third-order valence-electron chi connectivity index (χ3n) is 3.71. The molecule has 18 heavy (non-hydrogen) atoms. The lowest BCUT2D eigenvalue weighted by Crippen LogP contribution is -2.54. The molecule has 0 radical (unpaired) electrons. The molecular formula is C12H21N3O2S. The predicted molar refractivity (Wildman–Crippen MR) is 74.0 cm³/mol. The normalized spacial score (nSPS) is 23.4. The highest BCUT2D eigenvalue weighted by Gasteiger charge is 2.36. The number of rotatable bonds is 4. The molecule has 1 saturated heterocycles. The molecule has 1 aliphatic rings. The van der Waals surface area contributed by atoms with E-state index in [2.05, 4.69) is 5.32 Å². The van der Waals surface area contributed by atoms with E-state index in [-0.39, 0.29) is 22.8 Å². The first kappa shape index (κ1) is 14.9. The number of amides is 2. The van der Waals surface area contributed by atoms with E-state index in [0.29, 0.717) is 25.8 Å². The van der Waals surface area contributed by atoms with Gasteiger partial charge in [0.1, 0.15) is 0 Å². The highest BCUT2D eigenvalue weighted by molar-refractivity contribution is 7.80. The number of piperidine rings is 1. The number of hydrogen-bond acceptors (Lipinski definition) is 3. The van der Waals surface area contributed by atoms with E-state index in [4.69, 9.17) is 18.0 Å². The number of thiocarbonyl (C=S) groups is 1. The maximum atomic E-state index is 12.2. The number of nitrogens with one attached hydrogen (secondary N) is 1. The van der Waals surface area contributed by atoms with Crippen molar-refractivity contribution in [3.8, 4) is 0 Å². The molecule has 0 aromatic carbocycles. The van der Waals surface area contributed by atoms with Gasteiger partial charge in [0.15, 0.2) is 0 Å². The standard InChI is InChI=1S/C12H21N3O2S/c1-4-12(2,10(13)18)11(17)14-8-5-6-9(16)15(3)7-8/h8H,4-7H2,1-3H3,(H2,13,18)(H,14,17). The molecule has 0 aromatic rings. The highest BCUT2D eigenvalue weighted by Crippen LogP contribution is 2.22. The molecule has 1 rings (SSSR count). The molecule has 1 fully saturated rings. The van der Waals surface area contributed by atoms with Gasteiger partial charge in [0.05, 0.1) is 10.4 Å².